The maximum Gasteiger partial charge on any atom is 0.260 e. The third kappa shape index (κ3) is 5.85. The zero-order valence-corrected chi connectivity index (χ0v) is 15.0. The molecule has 0 atom stereocenters. The van der Waals surface area contributed by atoms with E-state index in [0.29, 0.717) is 0 Å². The zero-order valence-electron chi connectivity index (χ0n) is 15.0. The largest absolute Gasteiger partial charge is 0.260 e. The number of nitrogens with zero attached hydrogens (tertiary/aromatic N) is 2. The predicted molar refractivity (Wildman–Crippen MR) is 97.5 cm³/mol. The van der Waals surface area contributed by atoms with Gasteiger partial charge < -0.3 is 0 Å². The summed E-state index contributed by atoms with van der Waals surface area (Å²) in [5.41, 5.74) is 1.41. The second kappa shape index (κ2) is 10.3. The van der Waals surface area contributed by atoms with Gasteiger partial charge in [0.05, 0.1) is 19.5 Å². The molecule has 0 unspecified atom stereocenters. The molecule has 2 heteroatoms. The highest BCUT2D eigenvalue weighted by Crippen LogP contribution is 2.10. The van der Waals surface area contributed by atoms with Crippen molar-refractivity contribution in [3.8, 4) is 0 Å². The lowest BCUT2D eigenvalue weighted by Crippen LogP contribution is -2.37. The van der Waals surface area contributed by atoms with Gasteiger partial charge in [-0.2, -0.15) is 0 Å². The van der Waals surface area contributed by atoms with E-state index < -0.39 is 0 Å². The maximum atomic E-state index is 2.48. The van der Waals surface area contributed by atoms with Crippen molar-refractivity contribution in [2.75, 3.05) is 0 Å². The Morgan fingerprint density at radius 3 is 2.35 bits per heavy atom. The van der Waals surface area contributed by atoms with Crippen LogP contribution in [0.25, 0.3) is 0 Å². The Kier molecular flexibility index (Phi) is 7.92. The summed E-state index contributed by atoms with van der Waals surface area (Å²) in [7, 11) is 0. The second-order valence-corrected chi connectivity index (χ2v) is 6.53. The molecule has 1 heterocycles. The number of imidazole rings is 1. The number of hydrogen-bond acceptors (Lipinski definition) is 0. The molecule has 0 bridgehead atoms. The van der Waals surface area contributed by atoms with Crippen molar-refractivity contribution >= 4 is 0 Å². The molecule has 2 rings (SSSR count). The van der Waals surface area contributed by atoms with E-state index in [1.54, 1.807) is 0 Å². The van der Waals surface area contributed by atoms with Crippen LogP contribution in [0.1, 0.15) is 70.2 Å². The fourth-order valence-electron chi connectivity index (χ4n) is 3.13. The van der Waals surface area contributed by atoms with Gasteiger partial charge >= 0.3 is 0 Å². The van der Waals surface area contributed by atoms with Crippen molar-refractivity contribution < 1.29 is 4.57 Å². The van der Waals surface area contributed by atoms with E-state index in [4.69, 9.17) is 0 Å². The van der Waals surface area contributed by atoms with Crippen molar-refractivity contribution in [3.63, 3.8) is 0 Å². The summed E-state index contributed by atoms with van der Waals surface area (Å²) in [4.78, 5) is 0. The molecular weight excluding hydrogens is 280 g/mol. The molecule has 126 valence electrons. The summed E-state index contributed by atoms with van der Waals surface area (Å²) in [6.45, 7) is 6.85. The number of hydrogen-bond donors (Lipinski definition) is 0. The molecule has 0 aliphatic heterocycles. The Balaban J connectivity index is 2.07. The van der Waals surface area contributed by atoms with E-state index in [2.05, 4.69) is 65.7 Å². The van der Waals surface area contributed by atoms with Gasteiger partial charge in [-0.3, -0.25) is 0 Å². The van der Waals surface area contributed by atoms with E-state index in [0.717, 1.165) is 19.5 Å². The highest BCUT2D eigenvalue weighted by molar-refractivity contribution is 5.18. The second-order valence-electron chi connectivity index (χ2n) is 6.53. The van der Waals surface area contributed by atoms with E-state index >= 15 is 0 Å². The van der Waals surface area contributed by atoms with Gasteiger partial charge in [-0.1, -0.05) is 63.4 Å². The van der Waals surface area contributed by atoms with Crippen molar-refractivity contribution in [2.45, 2.75) is 78.3 Å². The van der Waals surface area contributed by atoms with Crippen LogP contribution in [0.4, 0.5) is 0 Å². The summed E-state index contributed by atoms with van der Waals surface area (Å²) in [5.74, 6) is 1.46. The van der Waals surface area contributed by atoms with Crippen LogP contribution in [0.5, 0.6) is 0 Å². The standard InChI is InChI=1S/C21H33N2/c1-3-5-7-12-16-23-18-17-22(15-11-6-4-2)21(23)19-20-13-9-8-10-14-20/h8-10,13-14,17-18H,3-7,11-12,15-16,19H2,1-2H3/q+1. The van der Waals surface area contributed by atoms with Gasteiger partial charge in [0.25, 0.3) is 5.82 Å². The smallest absolute Gasteiger partial charge is 0.234 e. The van der Waals surface area contributed by atoms with Gasteiger partial charge in [0.2, 0.25) is 0 Å². The number of benzene rings is 1. The molecule has 1 aromatic carbocycles. The van der Waals surface area contributed by atoms with Crippen LogP contribution in [-0.4, -0.2) is 4.57 Å². The fourth-order valence-corrected chi connectivity index (χ4v) is 3.13. The Morgan fingerprint density at radius 2 is 1.61 bits per heavy atom. The van der Waals surface area contributed by atoms with Crippen LogP contribution in [0.3, 0.4) is 0 Å². The van der Waals surface area contributed by atoms with Crippen LogP contribution in [0, 0.1) is 0 Å². The van der Waals surface area contributed by atoms with Crippen LogP contribution >= 0.6 is 0 Å². The van der Waals surface area contributed by atoms with Crippen LogP contribution in [-0.2, 0) is 19.5 Å². The van der Waals surface area contributed by atoms with Gasteiger partial charge in [-0.25, -0.2) is 9.13 Å². The lowest BCUT2D eigenvalue weighted by molar-refractivity contribution is -0.703. The predicted octanol–water partition coefficient (Wildman–Crippen LogP) is 5.14. The quantitative estimate of drug-likeness (QED) is 0.401. The topological polar surface area (TPSA) is 8.81 Å². The van der Waals surface area contributed by atoms with E-state index in [9.17, 15) is 0 Å². The molecule has 2 aromatic rings. The van der Waals surface area contributed by atoms with Crippen molar-refractivity contribution in [1.29, 1.82) is 0 Å². The summed E-state index contributed by atoms with van der Waals surface area (Å²) in [6.07, 6.45) is 14.8. The molecule has 0 amide bonds. The fraction of sp³-hybridized carbons (Fsp3) is 0.571. The molecule has 2 nitrogen and oxygen atoms in total. The number of aryl methyl sites for hydroxylation is 2. The van der Waals surface area contributed by atoms with Crippen LogP contribution < -0.4 is 4.57 Å². The Hall–Kier alpha value is -1.57. The minimum Gasteiger partial charge on any atom is -0.234 e. The first-order valence-electron chi connectivity index (χ1n) is 9.46. The van der Waals surface area contributed by atoms with Crippen molar-refractivity contribution in [3.05, 3.63) is 54.1 Å². The minimum absolute atomic E-state index is 1.04. The molecular formula is C21H33N2+. The lowest BCUT2D eigenvalue weighted by atomic mass is 10.1. The normalized spacial score (nSPS) is 11.0. The lowest BCUT2D eigenvalue weighted by Gasteiger charge is -2.06. The molecule has 0 N–H and O–H groups in total. The number of rotatable bonds is 11. The summed E-state index contributed by atoms with van der Waals surface area (Å²) in [6, 6.07) is 10.9. The highest BCUT2D eigenvalue weighted by Gasteiger charge is 2.17. The van der Waals surface area contributed by atoms with Gasteiger partial charge in [-0.05, 0) is 31.2 Å². The van der Waals surface area contributed by atoms with Crippen molar-refractivity contribution in [1.82, 2.24) is 4.57 Å². The molecule has 0 saturated carbocycles. The minimum atomic E-state index is 1.04. The van der Waals surface area contributed by atoms with Crippen LogP contribution in [0.15, 0.2) is 42.7 Å². The monoisotopic (exact) mass is 313 g/mol. The average molecular weight is 314 g/mol. The molecule has 0 fully saturated rings. The number of aromatic nitrogens is 2. The molecule has 23 heavy (non-hydrogen) atoms. The first-order valence-corrected chi connectivity index (χ1v) is 9.46. The van der Waals surface area contributed by atoms with Crippen molar-refractivity contribution in [2.24, 2.45) is 0 Å². The van der Waals surface area contributed by atoms with Crippen LogP contribution in [0.2, 0.25) is 0 Å². The molecule has 0 saturated heterocycles. The SMILES string of the molecule is CCCCCCn1cc[n+](CCCCC)c1Cc1ccccc1. The van der Waals surface area contributed by atoms with Gasteiger partial charge in [0.1, 0.15) is 12.4 Å². The Bertz CT molecular complexity index is 542. The van der Waals surface area contributed by atoms with Gasteiger partial charge in [0.15, 0.2) is 0 Å². The summed E-state index contributed by atoms with van der Waals surface area (Å²) in [5, 5.41) is 0. The average Bonchev–Trinajstić information content (AvgIpc) is 2.95. The Labute approximate surface area is 142 Å². The first kappa shape index (κ1) is 17.8. The molecule has 0 aliphatic rings. The molecule has 0 radical (unpaired) electrons. The highest BCUT2D eigenvalue weighted by atomic mass is 15.1. The third-order valence-electron chi connectivity index (χ3n) is 4.55. The molecule has 0 spiro atoms. The number of unbranched alkanes of at least 4 members (excludes halogenated alkanes) is 5. The van der Waals surface area contributed by atoms with E-state index in [-0.39, 0.29) is 0 Å². The van der Waals surface area contributed by atoms with E-state index in [1.165, 1.54) is 56.3 Å². The maximum absolute atomic E-state index is 2.48. The molecule has 0 aliphatic carbocycles. The Morgan fingerprint density at radius 1 is 0.870 bits per heavy atom. The van der Waals surface area contributed by atoms with E-state index in [1.807, 2.05) is 0 Å². The first-order chi connectivity index (χ1) is 11.3. The summed E-state index contributed by atoms with van der Waals surface area (Å²) < 4.78 is 4.96. The van der Waals surface area contributed by atoms with Gasteiger partial charge in [-0.15, -0.1) is 0 Å². The zero-order chi connectivity index (χ0) is 16.3. The third-order valence-corrected chi connectivity index (χ3v) is 4.55. The molecule has 1 aromatic heterocycles. The summed E-state index contributed by atoms with van der Waals surface area (Å²) >= 11 is 0. The van der Waals surface area contributed by atoms with Gasteiger partial charge in [0, 0.05) is 0 Å².